The smallest absolute Gasteiger partial charge is 0.270 e. The Morgan fingerprint density at radius 2 is 1.81 bits per heavy atom. The average Bonchev–Trinajstić information content (AvgIpc) is 3.34. The van der Waals surface area contributed by atoms with Crippen LogP contribution in [0.25, 0.3) is 17.1 Å². The molecule has 0 bridgehead atoms. The van der Waals surface area contributed by atoms with Crippen LogP contribution in [0.15, 0.2) is 59.2 Å². The molecule has 2 heterocycles. The molecule has 3 rings (SSSR count). The summed E-state index contributed by atoms with van der Waals surface area (Å²) in [5, 5.41) is 10.1. The van der Waals surface area contributed by atoms with Crippen molar-refractivity contribution in [1.29, 1.82) is 0 Å². The van der Waals surface area contributed by atoms with Crippen LogP contribution in [0.1, 0.15) is 24.3 Å². The lowest BCUT2D eigenvalue weighted by Gasteiger charge is -2.10. The van der Waals surface area contributed by atoms with Gasteiger partial charge in [0, 0.05) is 25.1 Å². The van der Waals surface area contributed by atoms with Gasteiger partial charge in [-0.05, 0) is 24.3 Å². The lowest BCUT2D eigenvalue weighted by Crippen LogP contribution is -2.36. The normalized spacial score (nSPS) is 10.8. The molecule has 0 spiro atoms. The number of furan rings is 1. The van der Waals surface area contributed by atoms with E-state index in [1.807, 2.05) is 44.2 Å². The van der Waals surface area contributed by atoms with Crippen molar-refractivity contribution < 1.29 is 14.0 Å². The van der Waals surface area contributed by atoms with Crippen LogP contribution >= 0.6 is 0 Å². The Kier molecular flexibility index (Phi) is 5.71. The van der Waals surface area contributed by atoms with Crippen LogP contribution in [0, 0.1) is 5.92 Å². The molecule has 0 aliphatic heterocycles. The molecule has 7 heteroatoms. The Balaban J connectivity index is 1.77. The van der Waals surface area contributed by atoms with Gasteiger partial charge in [0.15, 0.2) is 5.76 Å². The summed E-state index contributed by atoms with van der Waals surface area (Å²) in [4.78, 5) is 24.3. The molecule has 0 aliphatic carbocycles. The van der Waals surface area contributed by atoms with E-state index in [1.165, 1.54) is 0 Å². The molecule has 0 atom stereocenters. The van der Waals surface area contributed by atoms with Crippen LogP contribution in [0.2, 0.25) is 0 Å². The molecule has 7 nitrogen and oxygen atoms in total. The van der Waals surface area contributed by atoms with Crippen molar-refractivity contribution >= 4 is 11.8 Å². The first-order chi connectivity index (χ1) is 13.1. The highest BCUT2D eigenvalue weighted by atomic mass is 16.3. The summed E-state index contributed by atoms with van der Waals surface area (Å²) >= 11 is 0. The third-order valence-corrected chi connectivity index (χ3v) is 3.95. The van der Waals surface area contributed by atoms with E-state index >= 15 is 0 Å². The SMILES string of the molecule is CC(C)C(=O)NCCNC(=O)c1cc(-c2ccco2)nn1-c1ccccc1. The number of nitrogens with one attached hydrogen (secondary N) is 2. The lowest BCUT2D eigenvalue weighted by molar-refractivity contribution is -0.123. The summed E-state index contributed by atoms with van der Waals surface area (Å²) < 4.78 is 6.98. The van der Waals surface area contributed by atoms with E-state index in [9.17, 15) is 9.59 Å². The van der Waals surface area contributed by atoms with Gasteiger partial charge in [0.05, 0.1) is 12.0 Å². The Hall–Kier alpha value is -3.35. The number of hydrogen-bond acceptors (Lipinski definition) is 4. The summed E-state index contributed by atoms with van der Waals surface area (Å²) in [5.74, 6) is 0.181. The average molecular weight is 366 g/mol. The number of benzene rings is 1. The van der Waals surface area contributed by atoms with Gasteiger partial charge in [0.2, 0.25) is 5.91 Å². The Labute approximate surface area is 157 Å². The van der Waals surface area contributed by atoms with Crippen LogP contribution in [-0.2, 0) is 4.79 Å². The van der Waals surface area contributed by atoms with E-state index < -0.39 is 0 Å². The quantitative estimate of drug-likeness (QED) is 0.629. The molecule has 2 aromatic heterocycles. The topological polar surface area (TPSA) is 89.2 Å². The highest BCUT2D eigenvalue weighted by Gasteiger charge is 2.18. The second-order valence-corrected chi connectivity index (χ2v) is 6.34. The number of hydrogen-bond donors (Lipinski definition) is 2. The van der Waals surface area contributed by atoms with E-state index in [1.54, 1.807) is 29.1 Å². The Morgan fingerprint density at radius 3 is 2.48 bits per heavy atom. The van der Waals surface area contributed by atoms with Crippen LogP contribution < -0.4 is 10.6 Å². The number of para-hydroxylation sites is 1. The van der Waals surface area contributed by atoms with Gasteiger partial charge in [-0.3, -0.25) is 9.59 Å². The van der Waals surface area contributed by atoms with Crippen molar-refractivity contribution in [2.75, 3.05) is 13.1 Å². The molecule has 0 fully saturated rings. The van der Waals surface area contributed by atoms with Crippen LogP contribution in [-0.4, -0.2) is 34.7 Å². The monoisotopic (exact) mass is 366 g/mol. The van der Waals surface area contributed by atoms with E-state index in [2.05, 4.69) is 15.7 Å². The van der Waals surface area contributed by atoms with Gasteiger partial charge in [-0.2, -0.15) is 5.10 Å². The maximum Gasteiger partial charge on any atom is 0.270 e. The molecular formula is C20H22N4O3. The maximum atomic E-state index is 12.7. The van der Waals surface area contributed by atoms with Gasteiger partial charge < -0.3 is 15.1 Å². The molecular weight excluding hydrogens is 344 g/mol. The van der Waals surface area contributed by atoms with Crippen molar-refractivity contribution in [2.45, 2.75) is 13.8 Å². The van der Waals surface area contributed by atoms with Crippen LogP contribution in [0.5, 0.6) is 0 Å². The van der Waals surface area contributed by atoms with E-state index in [4.69, 9.17) is 4.42 Å². The predicted octanol–water partition coefficient (Wildman–Crippen LogP) is 2.63. The van der Waals surface area contributed by atoms with E-state index in [-0.39, 0.29) is 17.7 Å². The Bertz CT molecular complexity index is 899. The fourth-order valence-electron chi connectivity index (χ4n) is 2.51. The maximum absolute atomic E-state index is 12.7. The number of amides is 2. The molecule has 27 heavy (non-hydrogen) atoms. The minimum Gasteiger partial charge on any atom is -0.463 e. The third-order valence-electron chi connectivity index (χ3n) is 3.95. The van der Waals surface area contributed by atoms with Crippen molar-refractivity contribution in [3.05, 3.63) is 60.5 Å². The van der Waals surface area contributed by atoms with Crippen molar-refractivity contribution in [3.63, 3.8) is 0 Å². The standard InChI is InChI=1S/C20H22N4O3/c1-14(2)19(25)21-10-11-22-20(26)17-13-16(18-9-6-12-27-18)23-24(17)15-7-4-3-5-8-15/h3-9,12-14H,10-11H2,1-2H3,(H,21,25)(H,22,26). The summed E-state index contributed by atoms with van der Waals surface area (Å²) in [5.41, 5.74) is 1.73. The van der Waals surface area contributed by atoms with Crippen molar-refractivity contribution in [3.8, 4) is 17.1 Å². The van der Waals surface area contributed by atoms with Gasteiger partial charge in [-0.25, -0.2) is 4.68 Å². The van der Waals surface area contributed by atoms with Gasteiger partial charge in [0.25, 0.3) is 5.91 Å². The van der Waals surface area contributed by atoms with Crippen LogP contribution in [0.4, 0.5) is 0 Å². The summed E-state index contributed by atoms with van der Waals surface area (Å²) in [6.07, 6.45) is 1.56. The first-order valence-corrected chi connectivity index (χ1v) is 8.81. The van der Waals surface area contributed by atoms with Gasteiger partial charge in [-0.15, -0.1) is 0 Å². The van der Waals surface area contributed by atoms with Crippen molar-refractivity contribution in [2.24, 2.45) is 5.92 Å². The molecule has 0 saturated heterocycles. The predicted molar refractivity (Wildman–Crippen MR) is 101 cm³/mol. The number of rotatable bonds is 7. The van der Waals surface area contributed by atoms with Gasteiger partial charge in [0.1, 0.15) is 11.4 Å². The molecule has 0 radical (unpaired) electrons. The zero-order valence-electron chi connectivity index (χ0n) is 15.3. The minimum atomic E-state index is -0.275. The molecule has 0 aliphatic rings. The number of carbonyl (C=O) groups is 2. The highest BCUT2D eigenvalue weighted by Crippen LogP contribution is 2.22. The molecule has 2 N–H and O–H groups in total. The fraction of sp³-hybridized carbons (Fsp3) is 0.250. The van der Waals surface area contributed by atoms with E-state index in [0.717, 1.165) is 5.69 Å². The zero-order chi connectivity index (χ0) is 19.2. The van der Waals surface area contributed by atoms with Gasteiger partial charge in [-0.1, -0.05) is 32.0 Å². The molecule has 0 unspecified atom stereocenters. The molecule has 2 amide bonds. The number of carbonyl (C=O) groups excluding carboxylic acids is 2. The third kappa shape index (κ3) is 4.44. The van der Waals surface area contributed by atoms with Gasteiger partial charge >= 0.3 is 0 Å². The second kappa shape index (κ2) is 8.35. The molecule has 3 aromatic rings. The fourth-order valence-corrected chi connectivity index (χ4v) is 2.51. The summed E-state index contributed by atoms with van der Waals surface area (Å²) in [6.45, 7) is 4.34. The molecule has 0 saturated carbocycles. The highest BCUT2D eigenvalue weighted by molar-refractivity contribution is 5.94. The number of aromatic nitrogens is 2. The summed E-state index contributed by atoms with van der Waals surface area (Å²) in [7, 11) is 0. The molecule has 1 aromatic carbocycles. The second-order valence-electron chi connectivity index (χ2n) is 6.34. The van der Waals surface area contributed by atoms with Crippen LogP contribution in [0.3, 0.4) is 0 Å². The first-order valence-electron chi connectivity index (χ1n) is 8.81. The zero-order valence-corrected chi connectivity index (χ0v) is 15.3. The summed E-state index contributed by atoms with van der Waals surface area (Å²) in [6, 6.07) is 14.7. The minimum absolute atomic E-state index is 0.0429. The van der Waals surface area contributed by atoms with E-state index in [0.29, 0.717) is 30.2 Å². The molecule has 140 valence electrons. The van der Waals surface area contributed by atoms with Crippen molar-refractivity contribution in [1.82, 2.24) is 20.4 Å². The first kappa shape index (κ1) is 18.4. The largest absolute Gasteiger partial charge is 0.463 e. The Morgan fingerprint density at radius 1 is 1.07 bits per heavy atom. The number of nitrogens with zero attached hydrogens (tertiary/aromatic N) is 2. The lowest BCUT2D eigenvalue weighted by atomic mass is 10.2.